The second kappa shape index (κ2) is 3.69. The van der Waals surface area contributed by atoms with Gasteiger partial charge in [-0.3, -0.25) is 0 Å². The van der Waals surface area contributed by atoms with Gasteiger partial charge in [-0.15, -0.1) is 0 Å². The fourth-order valence-corrected chi connectivity index (χ4v) is 1.76. The monoisotopic (exact) mass is 199 g/mol. The summed E-state index contributed by atoms with van der Waals surface area (Å²) in [5.41, 5.74) is 4.38. The van der Waals surface area contributed by atoms with E-state index in [1.165, 1.54) is 5.56 Å². The number of nitrogens with zero attached hydrogens (tertiary/aromatic N) is 3. The van der Waals surface area contributed by atoms with Crippen LogP contribution in [0.1, 0.15) is 11.3 Å². The molecule has 0 radical (unpaired) electrons. The first kappa shape index (κ1) is 9.65. The van der Waals surface area contributed by atoms with E-state index in [0.29, 0.717) is 0 Å². The second-order valence-corrected chi connectivity index (χ2v) is 3.42. The summed E-state index contributed by atoms with van der Waals surface area (Å²) in [6.45, 7) is 5.73. The van der Waals surface area contributed by atoms with Crippen molar-refractivity contribution in [3.05, 3.63) is 42.5 Å². The van der Waals surface area contributed by atoms with E-state index in [1.807, 2.05) is 25.4 Å². The summed E-state index contributed by atoms with van der Waals surface area (Å²) in [5, 5.41) is 0. The minimum atomic E-state index is 1.01. The van der Waals surface area contributed by atoms with Crippen molar-refractivity contribution in [3.63, 3.8) is 0 Å². The van der Waals surface area contributed by atoms with Crippen molar-refractivity contribution in [2.45, 2.75) is 6.92 Å². The van der Waals surface area contributed by atoms with E-state index in [2.05, 4.69) is 28.0 Å². The number of rotatable bonds is 2. The predicted octanol–water partition coefficient (Wildman–Crippen LogP) is 2.48. The summed E-state index contributed by atoms with van der Waals surface area (Å²) in [6.07, 6.45) is 9.14. The molecule has 0 fully saturated rings. The topological polar surface area (TPSA) is 30.7 Å². The van der Waals surface area contributed by atoms with Gasteiger partial charge in [0.2, 0.25) is 0 Å². The van der Waals surface area contributed by atoms with Gasteiger partial charge >= 0.3 is 0 Å². The Morgan fingerprint density at radius 3 is 2.93 bits per heavy atom. The Bertz CT molecular complexity index is 496. The normalized spacial score (nSPS) is 11.3. The van der Waals surface area contributed by atoms with Gasteiger partial charge in [0.15, 0.2) is 0 Å². The van der Waals surface area contributed by atoms with Crippen LogP contribution in [0.3, 0.4) is 0 Å². The van der Waals surface area contributed by atoms with Crippen molar-refractivity contribution in [1.82, 2.24) is 14.5 Å². The van der Waals surface area contributed by atoms with E-state index < -0.39 is 0 Å². The standard InChI is InChI=1S/C12H13N3/c1-4-5-6-10-9(2)12-11(15(10)3)7-13-8-14-12/h4-8H,1H2,2-3H3/b6-5-. The maximum Gasteiger partial charge on any atom is 0.116 e. The second-order valence-electron chi connectivity index (χ2n) is 3.42. The summed E-state index contributed by atoms with van der Waals surface area (Å²) in [7, 11) is 2.02. The highest BCUT2D eigenvalue weighted by atomic mass is 15.0. The van der Waals surface area contributed by atoms with Gasteiger partial charge in [-0.25, -0.2) is 9.97 Å². The van der Waals surface area contributed by atoms with Crippen LogP contribution in [0.25, 0.3) is 17.1 Å². The van der Waals surface area contributed by atoms with Crippen molar-refractivity contribution >= 4 is 17.1 Å². The highest BCUT2D eigenvalue weighted by Crippen LogP contribution is 2.22. The molecule has 2 rings (SSSR count). The predicted molar refractivity (Wildman–Crippen MR) is 62.5 cm³/mol. The first-order chi connectivity index (χ1) is 7.25. The van der Waals surface area contributed by atoms with Crippen LogP contribution in [0.4, 0.5) is 0 Å². The van der Waals surface area contributed by atoms with Crippen LogP contribution in [-0.4, -0.2) is 14.5 Å². The molecule has 0 aromatic carbocycles. The summed E-state index contributed by atoms with van der Waals surface area (Å²) in [6, 6.07) is 0. The van der Waals surface area contributed by atoms with Crippen LogP contribution in [0, 0.1) is 6.92 Å². The largest absolute Gasteiger partial charge is 0.341 e. The molecule has 2 aromatic rings. The van der Waals surface area contributed by atoms with Gasteiger partial charge in [-0.05, 0) is 13.0 Å². The van der Waals surface area contributed by atoms with Gasteiger partial charge in [0, 0.05) is 18.3 Å². The Kier molecular flexibility index (Phi) is 2.37. The molecule has 76 valence electrons. The molecule has 3 nitrogen and oxygen atoms in total. The third kappa shape index (κ3) is 1.46. The molecule has 0 bridgehead atoms. The van der Waals surface area contributed by atoms with E-state index in [1.54, 1.807) is 12.4 Å². The first-order valence-corrected chi connectivity index (χ1v) is 4.79. The SMILES string of the molecule is C=C/C=C\c1c(C)c2ncncc2n1C. The third-order valence-electron chi connectivity index (χ3n) is 2.55. The Morgan fingerprint density at radius 2 is 2.27 bits per heavy atom. The molecular formula is C12H13N3. The zero-order valence-electron chi connectivity index (χ0n) is 8.94. The number of aryl methyl sites for hydroxylation is 2. The molecule has 0 aliphatic rings. The Hall–Kier alpha value is -1.90. The van der Waals surface area contributed by atoms with E-state index in [-0.39, 0.29) is 0 Å². The molecule has 2 heterocycles. The zero-order chi connectivity index (χ0) is 10.8. The van der Waals surface area contributed by atoms with E-state index in [9.17, 15) is 0 Å². The molecule has 0 atom stereocenters. The van der Waals surface area contributed by atoms with Gasteiger partial charge in [0.1, 0.15) is 6.33 Å². The molecule has 0 aliphatic carbocycles. The van der Waals surface area contributed by atoms with Crippen molar-refractivity contribution in [3.8, 4) is 0 Å². The maximum atomic E-state index is 4.28. The van der Waals surface area contributed by atoms with Crippen molar-refractivity contribution < 1.29 is 0 Å². The molecule has 0 saturated carbocycles. The summed E-state index contributed by atoms with van der Waals surface area (Å²) < 4.78 is 2.09. The smallest absolute Gasteiger partial charge is 0.116 e. The highest BCUT2D eigenvalue weighted by molar-refractivity contribution is 5.83. The van der Waals surface area contributed by atoms with E-state index in [0.717, 1.165) is 16.7 Å². The van der Waals surface area contributed by atoms with Crippen molar-refractivity contribution in [2.75, 3.05) is 0 Å². The average Bonchev–Trinajstić information content (AvgIpc) is 2.51. The number of aromatic nitrogens is 3. The fraction of sp³-hybridized carbons (Fsp3) is 0.167. The Labute approximate surface area is 88.8 Å². The summed E-state index contributed by atoms with van der Waals surface area (Å²) >= 11 is 0. The van der Waals surface area contributed by atoms with Crippen LogP contribution in [0.2, 0.25) is 0 Å². The summed E-state index contributed by atoms with van der Waals surface area (Å²) in [5.74, 6) is 0. The van der Waals surface area contributed by atoms with E-state index in [4.69, 9.17) is 0 Å². The minimum absolute atomic E-state index is 1.01. The van der Waals surface area contributed by atoms with Crippen LogP contribution >= 0.6 is 0 Å². The quantitative estimate of drug-likeness (QED) is 0.696. The molecule has 3 heteroatoms. The Balaban J connectivity index is 2.74. The lowest BCUT2D eigenvalue weighted by atomic mass is 10.2. The van der Waals surface area contributed by atoms with Gasteiger partial charge in [-0.2, -0.15) is 0 Å². The first-order valence-electron chi connectivity index (χ1n) is 4.79. The summed E-state index contributed by atoms with van der Waals surface area (Å²) in [4.78, 5) is 8.31. The molecule has 0 spiro atoms. The third-order valence-corrected chi connectivity index (χ3v) is 2.55. The molecule has 0 saturated heterocycles. The van der Waals surface area contributed by atoms with Crippen LogP contribution in [-0.2, 0) is 7.05 Å². The number of fused-ring (bicyclic) bond motifs is 1. The minimum Gasteiger partial charge on any atom is -0.341 e. The lowest BCUT2D eigenvalue weighted by molar-refractivity contribution is 0.944. The maximum absolute atomic E-state index is 4.28. The molecule has 2 aromatic heterocycles. The lowest BCUT2D eigenvalue weighted by Gasteiger charge is -1.98. The van der Waals surface area contributed by atoms with Crippen molar-refractivity contribution in [1.29, 1.82) is 0 Å². The van der Waals surface area contributed by atoms with Crippen LogP contribution in [0.5, 0.6) is 0 Å². The van der Waals surface area contributed by atoms with Crippen LogP contribution < -0.4 is 0 Å². The number of hydrogen-bond donors (Lipinski definition) is 0. The molecule has 15 heavy (non-hydrogen) atoms. The zero-order valence-corrected chi connectivity index (χ0v) is 8.94. The number of hydrogen-bond acceptors (Lipinski definition) is 2. The van der Waals surface area contributed by atoms with Gasteiger partial charge in [0.25, 0.3) is 0 Å². The molecule has 0 unspecified atom stereocenters. The highest BCUT2D eigenvalue weighted by Gasteiger charge is 2.09. The number of allylic oxidation sites excluding steroid dienone is 2. The molecule has 0 aliphatic heterocycles. The van der Waals surface area contributed by atoms with Gasteiger partial charge in [-0.1, -0.05) is 18.7 Å². The van der Waals surface area contributed by atoms with Crippen molar-refractivity contribution in [2.24, 2.45) is 7.05 Å². The molecule has 0 amide bonds. The van der Waals surface area contributed by atoms with Gasteiger partial charge in [0.05, 0.1) is 17.2 Å². The average molecular weight is 199 g/mol. The lowest BCUT2D eigenvalue weighted by Crippen LogP contribution is -1.91. The van der Waals surface area contributed by atoms with Gasteiger partial charge < -0.3 is 4.57 Å². The fourth-order valence-electron chi connectivity index (χ4n) is 1.76. The Morgan fingerprint density at radius 1 is 1.47 bits per heavy atom. The van der Waals surface area contributed by atoms with E-state index >= 15 is 0 Å². The molecule has 0 N–H and O–H groups in total. The van der Waals surface area contributed by atoms with Crippen LogP contribution in [0.15, 0.2) is 31.3 Å². The molecular weight excluding hydrogens is 186 g/mol.